The van der Waals surface area contributed by atoms with Gasteiger partial charge in [-0.05, 0) is 25.1 Å². The van der Waals surface area contributed by atoms with Gasteiger partial charge in [0.15, 0.2) is 0 Å². The van der Waals surface area contributed by atoms with Crippen LogP contribution in [0.4, 0.5) is 0 Å². The van der Waals surface area contributed by atoms with Crippen LogP contribution >= 0.6 is 0 Å². The topological polar surface area (TPSA) is 82.1 Å². The molecule has 1 aromatic carbocycles. The molecule has 0 unspecified atom stereocenters. The van der Waals surface area contributed by atoms with Crippen LogP contribution in [0.25, 0.3) is 0 Å². The number of rotatable bonds is 7. The van der Waals surface area contributed by atoms with E-state index in [-0.39, 0.29) is 17.7 Å². The van der Waals surface area contributed by atoms with E-state index in [1.807, 2.05) is 6.92 Å². The maximum Gasteiger partial charge on any atom is 0.338 e. The Morgan fingerprint density at radius 1 is 1.16 bits per heavy atom. The van der Waals surface area contributed by atoms with Crippen molar-refractivity contribution in [3.8, 4) is 5.75 Å². The van der Waals surface area contributed by atoms with Gasteiger partial charge < -0.3 is 19.3 Å². The zero-order valence-electron chi connectivity index (χ0n) is 10.8. The normalized spacial score (nSPS) is 10.0. The molecule has 0 aliphatic carbocycles. The van der Waals surface area contributed by atoms with E-state index in [9.17, 15) is 9.59 Å². The van der Waals surface area contributed by atoms with Gasteiger partial charge in [0.1, 0.15) is 12.4 Å². The van der Waals surface area contributed by atoms with Crippen LogP contribution in [-0.2, 0) is 9.47 Å². The van der Waals surface area contributed by atoms with Crippen LogP contribution in [0.15, 0.2) is 18.2 Å². The second kappa shape index (κ2) is 7.38. The van der Waals surface area contributed by atoms with Crippen molar-refractivity contribution in [2.75, 3.05) is 26.9 Å². The van der Waals surface area contributed by atoms with Gasteiger partial charge in [0.25, 0.3) is 0 Å². The number of ether oxygens (including phenoxy) is 3. The highest BCUT2D eigenvalue weighted by Gasteiger charge is 2.13. The molecule has 0 aromatic heterocycles. The van der Waals surface area contributed by atoms with E-state index in [4.69, 9.17) is 14.6 Å². The molecule has 0 saturated heterocycles. The Balaban J connectivity index is 2.87. The maximum atomic E-state index is 11.4. The number of carbonyl (C=O) groups excluding carboxylic acids is 1. The number of carbonyl (C=O) groups is 2. The molecule has 1 N–H and O–H groups in total. The first-order chi connectivity index (χ1) is 9.08. The van der Waals surface area contributed by atoms with Crippen LogP contribution in [0, 0.1) is 0 Å². The maximum absolute atomic E-state index is 11.4. The van der Waals surface area contributed by atoms with Gasteiger partial charge in [0.05, 0.1) is 24.8 Å². The summed E-state index contributed by atoms with van der Waals surface area (Å²) in [6.07, 6.45) is 0. The first-order valence-corrected chi connectivity index (χ1v) is 5.75. The number of hydrogen-bond donors (Lipinski definition) is 1. The molecular weight excluding hydrogens is 252 g/mol. The average Bonchev–Trinajstić information content (AvgIpc) is 2.42. The molecule has 0 aliphatic heterocycles. The van der Waals surface area contributed by atoms with Crippen LogP contribution in [-0.4, -0.2) is 44.0 Å². The molecule has 6 heteroatoms. The Morgan fingerprint density at radius 2 is 1.84 bits per heavy atom. The third-order valence-corrected chi connectivity index (χ3v) is 2.28. The predicted octanol–water partition coefficient (Wildman–Crippen LogP) is 1.59. The van der Waals surface area contributed by atoms with Crippen molar-refractivity contribution in [2.45, 2.75) is 6.92 Å². The Kier molecular flexibility index (Phi) is 5.81. The van der Waals surface area contributed by atoms with Gasteiger partial charge in [-0.25, -0.2) is 9.59 Å². The van der Waals surface area contributed by atoms with Gasteiger partial charge in [0.2, 0.25) is 0 Å². The fraction of sp³-hybridized carbons (Fsp3) is 0.385. The Bertz CT molecular complexity index is 454. The smallest absolute Gasteiger partial charge is 0.338 e. The second-order valence-corrected chi connectivity index (χ2v) is 3.59. The van der Waals surface area contributed by atoms with Gasteiger partial charge in [-0.1, -0.05) is 0 Å². The zero-order chi connectivity index (χ0) is 14.3. The highest BCUT2D eigenvalue weighted by molar-refractivity contribution is 5.95. The SMILES string of the molecule is CCOCCOc1cc(C(=O)O)cc(C(=O)OC)c1. The van der Waals surface area contributed by atoms with Gasteiger partial charge >= 0.3 is 11.9 Å². The van der Waals surface area contributed by atoms with Gasteiger partial charge in [-0.2, -0.15) is 0 Å². The lowest BCUT2D eigenvalue weighted by Crippen LogP contribution is -2.09. The summed E-state index contributed by atoms with van der Waals surface area (Å²) in [4.78, 5) is 22.4. The predicted molar refractivity (Wildman–Crippen MR) is 66.7 cm³/mol. The summed E-state index contributed by atoms with van der Waals surface area (Å²) >= 11 is 0. The molecule has 0 aliphatic rings. The lowest BCUT2D eigenvalue weighted by Gasteiger charge is -2.09. The molecule has 104 valence electrons. The molecule has 1 aromatic rings. The number of carboxylic acids is 1. The van der Waals surface area contributed by atoms with E-state index < -0.39 is 11.9 Å². The summed E-state index contributed by atoms with van der Waals surface area (Å²) in [5.41, 5.74) is 0.100. The third kappa shape index (κ3) is 4.59. The Hall–Kier alpha value is -2.08. The summed E-state index contributed by atoms with van der Waals surface area (Å²) in [5.74, 6) is -1.46. The van der Waals surface area contributed by atoms with Crippen molar-refractivity contribution < 1.29 is 28.9 Å². The average molecular weight is 268 g/mol. The van der Waals surface area contributed by atoms with Gasteiger partial charge in [-0.15, -0.1) is 0 Å². The number of hydrogen-bond acceptors (Lipinski definition) is 5. The molecule has 0 fully saturated rings. The van der Waals surface area contributed by atoms with E-state index in [0.717, 1.165) is 0 Å². The van der Waals surface area contributed by atoms with Crippen LogP contribution in [0.2, 0.25) is 0 Å². The second-order valence-electron chi connectivity index (χ2n) is 3.59. The van der Waals surface area contributed by atoms with E-state index >= 15 is 0 Å². The molecule has 0 bridgehead atoms. The van der Waals surface area contributed by atoms with Gasteiger partial charge in [-0.3, -0.25) is 0 Å². The minimum atomic E-state index is -1.14. The lowest BCUT2D eigenvalue weighted by atomic mass is 10.1. The molecule has 0 atom stereocenters. The van der Waals surface area contributed by atoms with Crippen LogP contribution in [0.5, 0.6) is 5.75 Å². The summed E-state index contributed by atoms with van der Waals surface area (Å²) in [7, 11) is 1.23. The number of aromatic carboxylic acids is 1. The van der Waals surface area contributed by atoms with E-state index in [1.165, 1.54) is 25.3 Å². The van der Waals surface area contributed by atoms with Crippen molar-refractivity contribution in [3.05, 3.63) is 29.3 Å². The van der Waals surface area contributed by atoms with E-state index in [1.54, 1.807) is 0 Å². The van der Waals surface area contributed by atoms with Crippen LogP contribution < -0.4 is 4.74 Å². The Morgan fingerprint density at radius 3 is 2.42 bits per heavy atom. The first kappa shape index (κ1) is 15.0. The first-order valence-electron chi connectivity index (χ1n) is 5.75. The summed E-state index contributed by atoms with van der Waals surface area (Å²) < 4.78 is 15.0. The minimum Gasteiger partial charge on any atom is -0.491 e. The van der Waals surface area contributed by atoms with E-state index in [0.29, 0.717) is 19.0 Å². The highest BCUT2D eigenvalue weighted by Crippen LogP contribution is 2.18. The largest absolute Gasteiger partial charge is 0.491 e. The minimum absolute atomic E-state index is 0.0330. The van der Waals surface area contributed by atoms with Crippen molar-refractivity contribution in [3.63, 3.8) is 0 Å². The number of benzene rings is 1. The zero-order valence-corrected chi connectivity index (χ0v) is 10.8. The number of carboxylic acid groups (broad SMARTS) is 1. The number of esters is 1. The van der Waals surface area contributed by atoms with Crippen molar-refractivity contribution in [1.29, 1.82) is 0 Å². The highest BCUT2D eigenvalue weighted by atomic mass is 16.5. The third-order valence-electron chi connectivity index (χ3n) is 2.28. The summed E-state index contributed by atoms with van der Waals surface area (Å²) in [6, 6.07) is 4.02. The van der Waals surface area contributed by atoms with Crippen LogP contribution in [0.3, 0.4) is 0 Å². The monoisotopic (exact) mass is 268 g/mol. The molecule has 6 nitrogen and oxygen atoms in total. The van der Waals surface area contributed by atoms with Crippen molar-refractivity contribution >= 4 is 11.9 Å². The fourth-order valence-corrected chi connectivity index (χ4v) is 1.40. The molecule has 19 heavy (non-hydrogen) atoms. The molecule has 0 spiro atoms. The molecule has 0 radical (unpaired) electrons. The molecule has 0 heterocycles. The summed E-state index contributed by atoms with van der Waals surface area (Å²) in [6.45, 7) is 3.10. The molecule has 0 amide bonds. The molecule has 0 saturated carbocycles. The number of methoxy groups -OCH3 is 1. The molecule has 1 rings (SSSR count). The van der Waals surface area contributed by atoms with Gasteiger partial charge in [0, 0.05) is 6.61 Å². The Labute approximate surface area is 110 Å². The van der Waals surface area contributed by atoms with Crippen molar-refractivity contribution in [1.82, 2.24) is 0 Å². The quantitative estimate of drug-likeness (QED) is 0.597. The lowest BCUT2D eigenvalue weighted by molar-refractivity contribution is 0.0600. The van der Waals surface area contributed by atoms with Crippen LogP contribution in [0.1, 0.15) is 27.6 Å². The summed E-state index contributed by atoms with van der Waals surface area (Å²) in [5, 5.41) is 8.97. The molecular formula is C13H16O6. The van der Waals surface area contributed by atoms with E-state index in [2.05, 4.69) is 4.74 Å². The standard InChI is InChI=1S/C13H16O6/c1-3-18-4-5-19-11-7-9(12(14)15)6-10(8-11)13(16)17-2/h6-8H,3-5H2,1-2H3,(H,14,15). The van der Waals surface area contributed by atoms with Crippen molar-refractivity contribution in [2.24, 2.45) is 0 Å². The fourth-order valence-electron chi connectivity index (χ4n) is 1.40.